The van der Waals surface area contributed by atoms with Crippen molar-refractivity contribution < 1.29 is 23.9 Å². The average Bonchev–Trinajstić information content (AvgIpc) is 3.21. The highest BCUT2D eigenvalue weighted by atomic mass is 16.7. The van der Waals surface area contributed by atoms with Crippen LogP contribution in [0.5, 0.6) is 0 Å². The van der Waals surface area contributed by atoms with Crippen molar-refractivity contribution in [3.05, 3.63) is 35.9 Å². The molecule has 2 fully saturated rings. The van der Waals surface area contributed by atoms with Crippen LogP contribution in [0.4, 0.5) is 0 Å². The molecule has 1 aliphatic heterocycles. The van der Waals surface area contributed by atoms with Gasteiger partial charge in [0, 0.05) is 17.9 Å². The second-order valence-electron chi connectivity index (χ2n) is 7.06. The van der Waals surface area contributed by atoms with Gasteiger partial charge in [0.2, 0.25) is 0 Å². The molecule has 0 radical (unpaired) electrons. The summed E-state index contributed by atoms with van der Waals surface area (Å²) in [5.74, 6) is -1.26. The van der Waals surface area contributed by atoms with Crippen molar-refractivity contribution in [2.75, 3.05) is 19.8 Å². The molecule has 1 N–H and O–H groups in total. The Balaban J connectivity index is 2.07. The topological polar surface area (TPSA) is 73.9 Å². The van der Waals surface area contributed by atoms with Crippen LogP contribution in [-0.4, -0.2) is 37.8 Å². The van der Waals surface area contributed by atoms with Crippen LogP contribution in [0.3, 0.4) is 0 Å². The van der Waals surface area contributed by atoms with Gasteiger partial charge in [0.1, 0.15) is 0 Å². The van der Waals surface area contributed by atoms with E-state index in [1.165, 1.54) is 0 Å². The fraction of sp³-hybridized carbons (Fsp3) is 0.600. The van der Waals surface area contributed by atoms with Gasteiger partial charge in [-0.3, -0.25) is 9.59 Å². The molecule has 0 unspecified atom stereocenters. The summed E-state index contributed by atoms with van der Waals surface area (Å²) >= 11 is 0. The summed E-state index contributed by atoms with van der Waals surface area (Å²) in [6.07, 6.45) is 0.379. The Hall–Kier alpha value is -1.92. The molecular formula is C20H27NO5. The molecule has 1 heterocycles. The number of hydrogen-bond donors (Lipinski definition) is 1. The number of hydrogen-bond acceptors (Lipinski definition) is 6. The van der Waals surface area contributed by atoms with E-state index in [1.54, 1.807) is 13.8 Å². The number of rotatable bonds is 6. The zero-order chi connectivity index (χ0) is 18.7. The number of hydroxylamine groups is 1. The van der Waals surface area contributed by atoms with Gasteiger partial charge in [0.25, 0.3) is 0 Å². The van der Waals surface area contributed by atoms with Gasteiger partial charge in [0.15, 0.2) is 5.41 Å². The molecule has 1 saturated heterocycles. The molecule has 1 aromatic carbocycles. The lowest BCUT2D eigenvalue weighted by Gasteiger charge is -2.36. The van der Waals surface area contributed by atoms with E-state index >= 15 is 0 Å². The summed E-state index contributed by atoms with van der Waals surface area (Å²) in [6.45, 7) is 6.49. The maximum Gasteiger partial charge on any atom is 0.323 e. The molecule has 0 spiro atoms. The molecule has 2 aliphatic rings. The summed E-state index contributed by atoms with van der Waals surface area (Å²) in [6, 6.07) is 9.83. The molecule has 4 atom stereocenters. The molecule has 142 valence electrons. The van der Waals surface area contributed by atoms with Gasteiger partial charge in [-0.1, -0.05) is 37.3 Å². The molecule has 6 heteroatoms. The molecule has 0 aromatic heterocycles. The average molecular weight is 361 g/mol. The first-order chi connectivity index (χ1) is 12.6. The zero-order valence-electron chi connectivity index (χ0n) is 15.6. The molecule has 26 heavy (non-hydrogen) atoms. The minimum atomic E-state index is -1.31. The van der Waals surface area contributed by atoms with E-state index in [-0.39, 0.29) is 37.0 Å². The quantitative estimate of drug-likeness (QED) is 0.620. The molecule has 0 bridgehead atoms. The maximum absolute atomic E-state index is 13.1. The fourth-order valence-electron chi connectivity index (χ4n) is 4.60. The SMILES string of the molecule is CCOC(=O)C1(C(=O)OCC)C[C@H]2CON[C@H]2[C@@H]1[C@@H](C)c1ccccc1. The van der Waals surface area contributed by atoms with Crippen molar-refractivity contribution >= 4 is 11.9 Å². The van der Waals surface area contributed by atoms with E-state index in [4.69, 9.17) is 14.3 Å². The first-order valence-electron chi connectivity index (χ1n) is 9.32. The Bertz CT molecular complexity index is 629. The van der Waals surface area contributed by atoms with Gasteiger partial charge < -0.3 is 14.3 Å². The van der Waals surface area contributed by atoms with Crippen LogP contribution >= 0.6 is 0 Å². The third kappa shape index (κ3) is 3.01. The molecule has 1 saturated carbocycles. The third-order valence-electron chi connectivity index (χ3n) is 5.71. The van der Waals surface area contributed by atoms with E-state index in [1.807, 2.05) is 30.3 Å². The number of nitrogens with one attached hydrogen (secondary N) is 1. The summed E-state index contributed by atoms with van der Waals surface area (Å²) in [5, 5.41) is 0. The number of carbonyl (C=O) groups excluding carboxylic acids is 2. The lowest BCUT2D eigenvalue weighted by atomic mass is 9.69. The van der Waals surface area contributed by atoms with Crippen molar-refractivity contribution in [3.63, 3.8) is 0 Å². The van der Waals surface area contributed by atoms with Crippen molar-refractivity contribution in [1.82, 2.24) is 5.48 Å². The predicted octanol–water partition coefficient (Wildman–Crippen LogP) is 2.44. The monoisotopic (exact) mass is 361 g/mol. The van der Waals surface area contributed by atoms with Crippen molar-refractivity contribution in [2.45, 2.75) is 39.2 Å². The second kappa shape index (κ2) is 7.76. The van der Waals surface area contributed by atoms with Crippen LogP contribution in [0.1, 0.15) is 38.7 Å². The maximum atomic E-state index is 13.1. The van der Waals surface area contributed by atoms with Crippen LogP contribution in [-0.2, 0) is 23.9 Å². The Morgan fingerprint density at radius 1 is 1.19 bits per heavy atom. The number of benzene rings is 1. The summed E-state index contributed by atoms with van der Waals surface area (Å²) in [5.41, 5.74) is 2.81. The lowest BCUT2D eigenvalue weighted by molar-refractivity contribution is -0.177. The van der Waals surface area contributed by atoms with Crippen LogP contribution in [0, 0.1) is 17.3 Å². The molecule has 1 aliphatic carbocycles. The lowest BCUT2D eigenvalue weighted by Crippen LogP contribution is -2.50. The van der Waals surface area contributed by atoms with Crippen molar-refractivity contribution in [3.8, 4) is 0 Å². The van der Waals surface area contributed by atoms with Gasteiger partial charge in [-0.2, -0.15) is 5.48 Å². The van der Waals surface area contributed by atoms with Crippen LogP contribution in [0.15, 0.2) is 30.3 Å². The minimum Gasteiger partial charge on any atom is -0.465 e. The van der Waals surface area contributed by atoms with Crippen molar-refractivity contribution in [2.24, 2.45) is 17.3 Å². The third-order valence-corrected chi connectivity index (χ3v) is 5.71. The predicted molar refractivity (Wildman–Crippen MR) is 95.0 cm³/mol. The number of ether oxygens (including phenoxy) is 2. The smallest absolute Gasteiger partial charge is 0.323 e. The highest BCUT2D eigenvalue weighted by Gasteiger charge is 2.66. The summed E-state index contributed by atoms with van der Waals surface area (Å²) in [7, 11) is 0. The van der Waals surface area contributed by atoms with E-state index in [0.717, 1.165) is 5.56 Å². The molecule has 1 aromatic rings. The van der Waals surface area contributed by atoms with E-state index in [0.29, 0.717) is 13.0 Å². The normalized spacial score (nSPS) is 27.6. The highest BCUT2D eigenvalue weighted by Crippen LogP contribution is 2.55. The molecule has 3 rings (SSSR count). The number of esters is 2. The Morgan fingerprint density at radius 2 is 1.81 bits per heavy atom. The van der Waals surface area contributed by atoms with E-state index in [9.17, 15) is 9.59 Å². The largest absolute Gasteiger partial charge is 0.465 e. The first-order valence-corrected chi connectivity index (χ1v) is 9.32. The Morgan fingerprint density at radius 3 is 2.38 bits per heavy atom. The first kappa shape index (κ1) is 18.9. The summed E-state index contributed by atoms with van der Waals surface area (Å²) < 4.78 is 10.7. The Kier molecular flexibility index (Phi) is 5.63. The summed E-state index contributed by atoms with van der Waals surface area (Å²) in [4.78, 5) is 31.6. The molecule has 6 nitrogen and oxygen atoms in total. The fourth-order valence-corrected chi connectivity index (χ4v) is 4.60. The Labute approximate surface area is 154 Å². The number of fused-ring (bicyclic) bond motifs is 1. The van der Waals surface area contributed by atoms with Crippen molar-refractivity contribution in [1.29, 1.82) is 0 Å². The van der Waals surface area contributed by atoms with Gasteiger partial charge in [-0.25, -0.2) is 0 Å². The van der Waals surface area contributed by atoms with Gasteiger partial charge >= 0.3 is 11.9 Å². The van der Waals surface area contributed by atoms with Crippen LogP contribution < -0.4 is 5.48 Å². The zero-order valence-corrected chi connectivity index (χ0v) is 15.6. The van der Waals surface area contributed by atoms with Gasteiger partial charge in [-0.15, -0.1) is 0 Å². The standard InChI is InChI=1S/C20H27NO5/c1-4-24-18(22)20(19(23)25-5-2)11-15-12-26-21-17(15)16(20)13(3)14-9-7-6-8-10-14/h6-10,13,15-17,21H,4-5,11-12H2,1-3H3/t13-,15-,16-,17+/m0/s1. The molecular weight excluding hydrogens is 334 g/mol. The minimum absolute atomic E-state index is 0.0470. The number of carbonyl (C=O) groups is 2. The highest BCUT2D eigenvalue weighted by molar-refractivity contribution is 6.01. The van der Waals surface area contributed by atoms with Crippen LogP contribution in [0.2, 0.25) is 0 Å². The van der Waals surface area contributed by atoms with E-state index < -0.39 is 17.4 Å². The van der Waals surface area contributed by atoms with Gasteiger partial charge in [-0.05, 0) is 31.7 Å². The van der Waals surface area contributed by atoms with Gasteiger partial charge in [0.05, 0.1) is 19.8 Å². The van der Waals surface area contributed by atoms with Crippen LogP contribution in [0.25, 0.3) is 0 Å². The van der Waals surface area contributed by atoms with E-state index in [2.05, 4.69) is 12.4 Å². The molecule has 0 amide bonds. The second-order valence-corrected chi connectivity index (χ2v) is 7.06.